The van der Waals surface area contributed by atoms with Gasteiger partial charge in [-0.2, -0.15) is 0 Å². The molecule has 1 heterocycles. The van der Waals surface area contributed by atoms with E-state index in [0.29, 0.717) is 10.8 Å². The molecule has 88 valence electrons. The second-order valence-corrected chi connectivity index (χ2v) is 6.51. The highest BCUT2D eigenvalue weighted by molar-refractivity contribution is 5.12. The largest absolute Gasteiger partial charge is 0.316 e. The van der Waals surface area contributed by atoms with Crippen molar-refractivity contribution in [3.63, 3.8) is 0 Å². The van der Waals surface area contributed by atoms with E-state index in [2.05, 4.69) is 38.3 Å². The van der Waals surface area contributed by atoms with Crippen LogP contribution in [0.2, 0.25) is 0 Å². The second kappa shape index (κ2) is 3.74. The summed E-state index contributed by atoms with van der Waals surface area (Å²) in [6.07, 6.45) is 1.35. The van der Waals surface area contributed by atoms with Crippen LogP contribution in [0.25, 0.3) is 0 Å². The van der Waals surface area contributed by atoms with E-state index >= 15 is 0 Å². The normalized spacial score (nSPS) is 28.8. The summed E-state index contributed by atoms with van der Waals surface area (Å²) in [6.45, 7) is 14.5. The van der Waals surface area contributed by atoms with E-state index in [1.54, 1.807) is 0 Å². The van der Waals surface area contributed by atoms with Crippen LogP contribution in [0.5, 0.6) is 0 Å². The van der Waals surface area contributed by atoms with E-state index in [4.69, 9.17) is 0 Å². The van der Waals surface area contributed by atoms with Crippen molar-refractivity contribution in [3.05, 3.63) is 0 Å². The summed E-state index contributed by atoms with van der Waals surface area (Å²) in [6, 6.07) is 0. The van der Waals surface area contributed by atoms with Gasteiger partial charge in [0, 0.05) is 0 Å². The van der Waals surface area contributed by atoms with Crippen LogP contribution >= 0.6 is 0 Å². The number of hydrogen-bond acceptors (Lipinski definition) is 2. The molecule has 0 amide bonds. The molecule has 2 fully saturated rings. The predicted octanol–water partition coefficient (Wildman–Crippen LogP) is 1.87. The van der Waals surface area contributed by atoms with E-state index < -0.39 is 0 Å². The Morgan fingerprint density at radius 1 is 1.13 bits per heavy atom. The van der Waals surface area contributed by atoms with E-state index in [1.807, 2.05) is 0 Å². The summed E-state index contributed by atoms with van der Waals surface area (Å²) in [5, 5.41) is 6.95. The fourth-order valence-corrected chi connectivity index (χ4v) is 2.95. The maximum atomic E-state index is 3.63. The maximum Gasteiger partial charge on any atom is -0.000778 e. The quantitative estimate of drug-likeness (QED) is 0.677. The lowest BCUT2D eigenvalue weighted by Gasteiger charge is -2.27. The number of rotatable bonds is 5. The van der Waals surface area contributed by atoms with Gasteiger partial charge in [-0.3, -0.25) is 0 Å². The van der Waals surface area contributed by atoms with Crippen LogP contribution < -0.4 is 10.6 Å². The summed E-state index contributed by atoms with van der Waals surface area (Å²) >= 11 is 0. The zero-order chi connectivity index (χ0) is 11.1. The van der Waals surface area contributed by atoms with Crippen molar-refractivity contribution in [2.45, 2.75) is 34.1 Å². The zero-order valence-electron chi connectivity index (χ0n) is 10.7. The molecule has 1 saturated carbocycles. The smallest absolute Gasteiger partial charge is 0.000778 e. The average molecular weight is 210 g/mol. The third-order valence-electron chi connectivity index (χ3n) is 5.26. The minimum absolute atomic E-state index is 0.540. The van der Waals surface area contributed by atoms with Crippen LogP contribution in [0.4, 0.5) is 0 Å². The molecule has 0 atom stereocenters. The minimum Gasteiger partial charge on any atom is -0.316 e. The Kier molecular flexibility index (Phi) is 2.85. The Morgan fingerprint density at radius 2 is 1.73 bits per heavy atom. The van der Waals surface area contributed by atoms with Crippen molar-refractivity contribution in [1.29, 1.82) is 0 Å². The van der Waals surface area contributed by atoms with Gasteiger partial charge >= 0.3 is 0 Å². The first-order chi connectivity index (χ1) is 6.96. The first kappa shape index (κ1) is 11.4. The molecule has 0 spiro atoms. The molecule has 1 aliphatic carbocycles. The molecule has 2 N–H and O–H groups in total. The van der Waals surface area contributed by atoms with Crippen molar-refractivity contribution in [2.75, 3.05) is 26.2 Å². The van der Waals surface area contributed by atoms with Crippen molar-refractivity contribution in [1.82, 2.24) is 10.6 Å². The van der Waals surface area contributed by atoms with Gasteiger partial charge in [0.1, 0.15) is 0 Å². The summed E-state index contributed by atoms with van der Waals surface area (Å²) < 4.78 is 0. The van der Waals surface area contributed by atoms with Crippen molar-refractivity contribution in [2.24, 2.45) is 22.7 Å². The van der Waals surface area contributed by atoms with Crippen molar-refractivity contribution >= 4 is 0 Å². The second-order valence-electron chi connectivity index (χ2n) is 6.51. The molecule has 0 aromatic carbocycles. The summed E-state index contributed by atoms with van der Waals surface area (Å²) in [5.74, 6) is 1.81. The topological polar surface area (TPSA) is 24.1 Å². The predicted molar refractivity (Wildman–Crippen MR) is 64.9 cm³/mol. The standard InChI is InChI=1S/C13H26N2/c1-12(2)11(13(12,3)4)9-14-6-5-10-7-15-8-10/h10-11,14-15H,5-9H2,1-4H3. The minimum atomic E-state index is 0.540. The van der Waals surface area contributed by atoms with Gasteiger partial charge in [-0.05, 0) is 55.3 Å². The van der Waals surface area contributed by atoms with Gasteiger partial charge in [0.25, 0.3) is 0 Å². The highest BCUT2D eigenvalue weighted by atomic mass is 15.0. The van der Waals surface area contributed by atoms with Crippen LogP contribution in [0, 0.1) is 22.7 Å². The van der Waals surface area contributed by atoms with E-state index in [0.717, 1.165) is 11.8 Å². The molecule has 2 rings (SSSR count). The highest BCUT2D eigenvalue weighted by Crippen LogP contribution is 2.67. The molecule has 0 aromatic heterocycles. The van der Waals surface area contributed by atoms with Gasteiger partial charge in [0.2, 0.25) is 0 Å². The van der Waals surface area contributed by atoms with Crippen LogP contribution in [-0.2, 0) is 0 Å². The third kappa shape index (κ3) is 1.94. The molecule has 1 aliphatic heterocycles. The molecule has 2 heteroatoms. The van der Waals surface area contributed by atoms with E-state index in [9.17, 15) is 0 Å². The molecule has 0 radical (unpaired) electrons. The van der Waals surface area contributed by atoms with Crippen LogP contribution in [0.3, 0.4) is 0 Å². The molecular weight excluding hydrogens is 184 g/mol. The number of nitrogens with one attached hydrogen (secondary N) is 2. The Balaban J connectivity index is 1.59. The van der Waals surface area contributed by atoms with Gasteiger partial charge in [0.05, 0.1) is 0 Å². The lowest BCUT2D eigenvalue weighted by atomic mass is 9.99. The Labute approximate surface area is 94.2 Å². The Morgan fingerprint density at radius 3 is 2.13 bits per heavy atom. The molecule has 0 unspecified atom stereocenters. The van der Waals surface area contributed by atoms with Crippen molar-refractivity contribution < 1.29 is 0 Å². The lowest BCUT2D eigenvalue weighted by Crippen LogP contribution is -2.43. The molecule has 1 saturated heterocycles. The van der Waals surface area contributed by atoms with Gasteiger partial charge < -0.3 is 10.6 Å². The molecule has 2 aliphatic rings. The van der Waals surface area contributed by atoms with Gasteiger partial charge in [-0.1, -0.05) is 27.7 Å². The Hall–Kier alpha value is -0.0800. The maximum absolute atomic E-state index is 3.63. The van der Waals surface area contributed by atoms with Crippen molar-refractivity contribution in [3.8, 4) is 0 Å². The molecule has 2 nitrogen and oxygen atoms in total. The zero-order valence-corrected chi connectivity index (χ0v) is 10.7. The first-order valence-corrected chi connectivity index (χ1v) is 6.37. The fraction of sp³-hybridized carbons (Fsp3) is 1.00. The summed E-state index contributed by atoms with van der Waals surface area (Å²) in [4.78, 5) is 0. The highest BCUT2D eigenvalue weighted by Gasteiger charge is 2.63. The van der Waals surface area contributed by atoms with Crippen LogP contribution in [-0.4, -0.2) is 26.2 Å². The fourth-order valence-electron chi connectivity index (χ4n) is 2.95. The van der Waals surface area contributed by atoms with Crippen LogP contribution in [0.1, 0.15) is 34.1 Å². The van der Waals surface area contributed by atoms with Gasteiger partial charge in [-0.15, -0.1) is 0 Å². The molecular formula is C13H26N2. The SMILES string of the molecule is CC1(C)C(CNCCC2CNC2)C1(C)C. The average Bonchev–Trinajstić information content (AvgIpc) is 2.43. The lowest BCUT2D eigenvalue weighted by molar-refractivity contribution is 0.320. The monoisotopic (exact) mass is 210 g/mol. The van der Waals surface area contributed by atoms with E-state index in [-0.39, 0.29) is 0 Å². The first-order valence-electron chi connectivity index (χ1n) is 6.37. The summed E-state index contributed by atoms with van der Waals surface area (Å²) in [7, 11) is 0. The van der Waals surface area contributed by atoms with Gasteiger partial charge in [-0.25, -0.2) is 0 Å². The number of hydrogen-bond donors (Lipinski definition) is 2. The summed E-state index contributed by atoms with van der Waals surface area (Å²) in [5.41, 5.74) is 1.08. The van der Waals surface area contributed by atoms with Crippen LogP contribution in [0.15, 0.2) is 0 Å². The molecule has 0 aromatic rings. The van der Waals surface area contributed by atoms with Gasteiger partial charge in [0.15, 0.2) is 0 Å². The Bertz CT molecular complexity index is 215. The molecule has 0 bridgehead atoms. The third-order valence-corrected chi connectivity index (χ3v) is 5.26. The molecule has 15 heavy (non-hydrogen) atoms. The van der Waals surface area contributed by atoms with E-state index in [1.165, 1.54) is 32.6 Å².